The standard InChI is InChI=1S/C12H13ClN2/c1-9(2)10-3-5-11(6-4-10)15-12(13)7-8-14-15/h3-9H,1-2H3. The quantitative estimate of drug-likeness (QED) is 0.756. The highest BCUT2D eigenvalue weighted by molar-refractivity contribution is 6.29. The molecule has 2 rings (SSSR count). The summed E-state index contributed by atoms with van der Waals surface area (Å²) in [5, 5.41) is 4.78. The number of benzene rings is 1. The van der Waals surface area contributed by atoms with Crippen LogP contribution in [-0.2, 0) is 0 Å². The van der Waals surface area contributed by atoms with Gasteiger partial charge in [-0.05, 0) is 29.7 Å². The molecule has 0 spiro atoms. The lowest BCUT2D eigenvalue weighted by Gasteiger charge is -2.07. The van der Waals surface area contributed by atoms with Gasteiger partial charge in [-0.25, -0.2) is 4.68 Å². The van der Waals surface area contributed by atoms with E-state index in [1.807, 2.05) is 12.1 Å². The highest BCUT2D eigenvalue weighted by Gasteiger charge is 2.03. The zero-order valence-electron chi connectivity index (χ0n) is 8.81. The SMILES string of the molecule is CC(C)c1ccc(-n2nccc2Cl)cc1. The molecule has 0 aliphatic carbocycles. The fourth-order valence-corrected chi connectivity index (χ4v) is 1.68. The minimum Gasteiger partial charge on any atom is -0.222 e. The minimum atomic E-state index is 0.548. The summed E-state index contributed by atoms with van der Waals surface area (Å²) in [5.41, 5.74) is 2.32. The number of halogens is 1. The molecule has 0 saturated heterocycles. The number of hydrogen-bond acceptors (Lipinski definition) is 1. The van der Waals surface area contributed by atoms with Gasteiger partial charge in [0.1, 0.15) is 5.15 Å². The van der Waals surface area contributed by atoms with E-state index < -0.39 is 0 Å². The molecule has 1 aromatic carbocycles. The van der Waals surface area contributed by atoms with Crippen molar-refractivity contribution in [2.24, 2.45) is 0 Å². The maximum absolute atomic E-state index is 5.98. The molecule has 0 bridgehead atoms. The molecule has 78 valence electrons. The summed E-state index contributed by atoms with van der Waals surface area (Å²) < 4.78 is 1.71. The Morgan fingerprint density at radius 3 is 2.27 bits per heavy atom. The van der Waals surface area contributed by atoms with E-state index >= 15 is 0 Å². The Morgan fingerprint density at radius 1 is 1.13 bits per heavy atom. The molecule has 0 atom stereocenters. The van der Waals surface area contributed by atoms with E-state index in [2.05, 4.69) is 31.1 Å². The van der Waals surface area contributed by atoms with Gasteiger partial charge in [0.15, 0.2) is 0 Å². The summed E-state index contributed by atoms with van der Waals surface area (Å²) >= 11 is 5.98. The van der Waals surface area contributed by atoms with Crippen LogP contribution >= 0.6 is 11.6 Å². The van der Waals surface area contributed by atoms with E-state index in [-0.39, 0.29) is 0 Å². The average Bonchev–Trinajstić information content (AvgIpc) is 2.65. The zero-order chi connectivity index (χ0) is 10.8. The van der Waals surface area contributed by atoms with Crippen LogP contribution in [0.3, 0.4) is 0 Å². The molecule has 2 nitrogen and oxygen atoms in total. The summed E-state index contributed by atoms with van der Waals surface area (Å²) in [6.07, 6.45) is 1.69. The first-order chi connectivity index (χ1) is 7.18. The van der Waals surface area contributed by atoms with Crippen molar-refractivity contribution in [3.63, 3.8) is 0 Å². The summed E-state index contributed by atoms with van der Waals surface area (Å²) in [5.74, 6) is 0.548. The third kappa shape index (κ3) is 2.05. The smallest absolute Gasteiger partial charge is 0.132 e. The number of nitrogens with zero attached hydrogens (tertiary/aromatic N) is 2. The van der Waals surface area contributed by atoms with E-state index in [0.717, 1.165) is 5.69 Å². The Kier molecular flexibility index (Phi) is 2.78. The molecule has 0 N–H and O–H groups in total. The van der Waals surface area contributed by atoms with E-state index in [1.165, 1.54) is 5.56 Å². The van der Waals surface area contributed by atoms with Gasteiger partial charge in [0.2, 0.25) is 0 Å². The molecular weight excluding hydrogens is 208 g/mol. The third-order valence-electron chi connectivity index (χ3n) is 2.40. The first-order valence-corrected chi connectivity index (χ1v) is 5.36. The molecule has 0 saturated carbocycles. The Balaban J connectivity index is 2.36. The molecule has 15 heavy (non-hydrogen) atoms. The van der Waals surface area contributed by atoms with Gasteiger partial charge >= 0.3 is 0 Å². The van der Waals surface area contributed by atoms with Crippen molar-refractivity contribution in [2.45, 2.75) is 19.8 Å². The van der Waals surface area contributed by atoms with Gasteiger partial charge in [-0.2, -0.15) is 5.10 Å². The number of rotatable bonds is 2. The first kappa shape index (κ1) is 10.2. The maximum atomic E-state index is 5.98. The molecule has 1 aromatic heterocycles. The van der Waals surface area contributed by atoms with Crippen molar-refractivity contribution in [3.8, 4) is 5.69 Å². The second-order valence-electron chi connectivity index (χ2n) is 3.81. The normalized spacial score (nSPS) is 10.9. The Morgan fingerprint density at radius 2 is 1.80 bits per heavy atom. The molecule has 0 fully saturated rings. The summed E-state index contributed by atoms with van der Waals surface area (Å²) in [6, 6.07) is 10.1. The highest BCUT2D eigenvalue weighted by atomic mass is 35.5. The lowest BCUT2D eigenvalue weighted by atomic mass is 10.0. The number of aromatic nitrogens is 2. The minimum absolute atomic E-state index is 0.548. The van der Waals surface area contributed by atoms with Crippen molar-refractivity contribution in [1.82, 2.24) is 9.78 Å². The van der Waals surface area contributed by atoms with Gasteiger partial charge in [-0.15, -0.1) is 0 Å². The van der Waals surface area contributed by atoms with Crippen LogP contribution in [0.15, 0.2) is 36.5 Å². The Bertz CT molecular complexity index is 443. The predicted molar refractivity (Wildman–Crippen MR) is 62.7 cm³/mol. The first-order valence-electron chi connectivity index (χ1n) is 4.98. The predicted octanol–water partition coefficient (Wildman–Crippen LogP) is 3.65. The van der Waals surface area contributed by atoms with Gasteiger partial charge in [-0.3, -0.25) is 0 Å². The van der Waals surface area contributed by atoms with Crippen molar-refractivity contribution in [3.05, 3.63) is 47.2 Å². The Hall–Kier alpha value is -1.28. The second kappa shape index (κ2) is 4.07. The third-order valence-corrected chi connectivity index (χ3v) is 2.69. The summed E-state index contributed by atoms with van der Waals surface area (Å²) in [4.78, 5) is 0. The van der Waals surface area contributed by atoms with E-state index in [9.17, 15) is 0 Å². The largest absolute Gasteiger partial charge is 0.222 e. The maximum Gasteiger partial charge on any atom is 0.132 e. The van der Waals surface area contributed by atoms with Gasteiger partial charge in [0, 0.05) is 0 Å². The molecule has 3 heteroatoms. The monoisotopic (exact) mass is 220 g/mol. The summed E-state index contributed by atoms with van der Waals surface area (Å²) in [6.45, 7) is 4.35. The lowest BCUT2D eigenvalue weighted by molar-refractivity contribution is 0.854. The summed E-state index contributed by atoms with van der Waals surface area (Å²) in [7, 11) is 0. The molecular formula is C12H13ClN2. The average molecular weight is 221 g/mol. The number of hydrogen-bond donors (Lipinski definition) is 0. The van der Waals surface area contributed by atoms with Crippen LogP contribution in [-0.4, -0.2) is 9.78 Å². The van der Waals surface area contributed by atoms with Gasteiger partial charge in [0.25, 0.3) is 0 Å². The van der Waals surface area contributed by atoms with Crippen molar-refractivity contribution in [2.75, 3.05) is 0 Å². The fraction of sp³-hybridized carbons (Fsp3) is 0.250. The molecule has 1 heterocycles. The van der Waals surface area contributed by atoms with Crippen LogP contribution in [0.25, 0.3) is 5.69 Å². The van der Waals surface area contributed by atoms with Crippen LogP contribution in [0.5, 0.6) is 0 Å². The molecule has 0 unspecified atom stereocenters. The van der Waals surface area contributed by atoms with Crippen molar-refractivity contribution < 1.29 is 0 Å². The van der Waals surface area contributed by atoms with E-state index in [1.54, 1.807) is 16.9 Å². The molecule has 0 aliphatic rings. The van der Waals surface area contributed by atoms with Crippen LogP contribution in [0.1, 0.15) is 25.3 Å². The van der Waals surface area contributed by atoms with E-state index in [4.69, 9.17) is 11.6 Å². The van der Waals surface area contributed by atoms with Gasteiger partial charge in [-0.1, -0.05) is 37.6 Å². The van der Waals surface area contributed by atoms with Crippen LogP contribution < -0.4 is 0 Å². The lowest BCUT2D eigenvalue weighted by Crippen LogP contribution is -1.96. The van der Waals surface area contributed by atoms with Crippen LogP contribution in [0.4, 0.5) is 0 Å². The van der Waals surface area contributed by atoms with E-state index in [0.29, 0.717) is 11.1 Å². The van der Waals surface area contributed by atoms with Crippen LogP contribution in [0, 0.1) is 0 Å². The molecule has 0 amide bonds. The van der Waals surface area contributed by atoms with Gasteiger partial charge < -0.3 is 0 Å². The van der Waals surface area contributed by atoms with Gasteiger partial charge in [0.05, 0.1) is 11.9 Å². The molecule has 0 aliphatic heterocycles. The molecule has 2 aromatic rings. The topological polar surface area (TPSA) is 17.8 Å². The van der Waals surface area contributed by atoms with Crippen molar-refractivity contribution >= 4 is 11.6 Å². The highest BCUT2D eigenvalue weighted by Crippen LogP contribution is 2.19. The Labute approximate surface area is 94.5 Å². The van der Waals surface area contributed by atoms with Crippen LogP contribution in [0.2, 0.25) is 5.15 Å². The fourth-order valence-electron chi connectivity index (χ4n) is 1.48. The van der Waals surface area contributed by atoms with Crippen molar-refractivity contribution in [1.29, 1.82) is 0 Å². The zero-order valence-corrected chi connectivity index (χ0v) is 9.57. The second-order valence-corrected chi connectivity index (χ2v) is 4.20. The molecule has 0 radical (unpaired) electrons.